The summed E-state index contributed by atoms with van der Waals surface area (Å²) in [6.07, 6.45) is 0. The summed E-state index contributed by atoms with van der Waals surface area (Å²) in [5.74, 6) is 0.298. The SMILES string of the molecule is Cc1cc2nc(-c3ccc(C)c(NC(=S)NC(=O)c4ccccc4C)c3)oc2cc1C. The van der Waals surface area contributed by atoms with Crippen molar-refractivity contribution in [3.63, 3.8) is 0 Å². The van der Waals surface area contributed by atoms with Crippen LogP contribution in [-0.2, 0) is 0 Å². The maximum absolute atomic E-state index is 12.5. The first-order chi connectivity index (χ1) is 14.8. The molecule has 0 saturated heterocycles. The number of aromatic nitrogens is 1. The number of oxazole rings is 1. The number of carbonyl (C=O) groups is 1. The summed E-state index contributed by atoms with van der Waals surface area (Å²) >= 11 is 5.37. The Kier molecular flexibility index (Phi) is 5.57. The van der Waals surface area contributed by atoms with Crippen molar-refractivity contribution in [2.75, 3.05) is 5.32 Å². The second-order valence-electron chi connectivity index (χ2n) is 7.68. The van der Waals surface area contributed by atoms with Gasteiger partial charge in [0.1, 0.15) is 5.52 Å². The molecule has 4 aromatic rings. The highest BCUT2D eigenvalue weighted by Gasteiger charge is 2.14. The van der Waals surface area contributed by atoms with Gasteiger partial charge < -0.3 is 9.73 Å². The molecule has 0 radical (unpaired) electrons. The molecule has 1 aromatic heterocycles. The lowest BCUT2D eigenvalue weighted by Gasteiger charge is -2.13. The summed E-state index contributed by atoms with van der Waals surface area (Å²) in [7, 11) is 0. The molecule has 0 aliphatic rings. The summed E-state index contributed by atoms with van der Waals surface area (Å²) in [6.45, 7) is 7.97. The third-order valence-corrected chi connectivity index (χ3v) is 5.56. The number of carbonyl (C=O) groups excluding carboxylic acids is 1. The molecule has 0 spiro atoms. The van der Waals surface area contributed by atoms with Crippen molar-refractivity contribution in [3.8, 4) is 11.5 Å². The zero-order valence-corrected chi connectivity index (χ0v) is 18.7. The minimum Gasteiger partial charge on any atom is -0.436 e. The number of amides is 1. The molecule has 156 valence electrons. The second kappa shape index (κ2) is 8.32. The predicted octanol–water partition coefficient (Wildman–Crippen LogP) is 5.86. The molecule has 4 rings (SSSR count). The molecule has 0 fully saturated rings. The highest BCUT2D eigenvalue weighted by atomic mass is 32.1. The van der Waals surface area contributed by atoms with E-state index in [1.54, 1.807) is 6.07 Å². The molecule has 0 aliphatic carbocycles. The first-order valence-electron chi connectivity index (χ1n) is 9.98. The molecule has 0 atom stereocenters. The van der Waals surface area contributed by atoms with Gasteiger partial charge in [-0.25, -0.2) is 4.98 Å². The predicted molar refractivity (Wildman–Crippen MR) is 129 cm³/mol. The fourth-order valence-electron chi connectivity index (χ4n) is 3.34. The molecule has 31 heavy (non-hydrogen) atoms. The molecule has 1 amide bonds. The molecular weight excluding hydrogens is 406 g/mol. The minimum absolute atomic E-state index is 0.234. The average Bonchev–Trinajstić information content (AvgIpc) is 3.12. The lowest BCUT2D eigenvalue weighted by atomic mass is 10.1. The second-order valence-corrected chi connectivity index (χ2v) is 8.08. The van der Waals surface area contributed by atoms with Gasteiger partial charge in [0.25, 0.3) is 5.91 Å². The van der Waals surface area contributed by atoms with Gasteiger partial charge in [-0.05, 0) is 92.5 Å². The van der Waals surface area contributed by atoms with Crippen LogP contribution < -0.4 is 10.6 Å². The first kappa shape index (κ1) is 20.8. The molecular formula is C25H23N3O2S. The number of nitrogens with one attached hydrogen (secondary N) is 2. The number of fused-ring (bicyclic) bond motifs is 1. The normalized spacial score (nSPS) is 10.8. The monoisotopic (exact) mass is 429 g/mol. The van der Waals surface area contributed by atoms with Gasteiger partial charge >= 0.3 is 0 Å². The smallest absolute Gasteiger partial charge is 0.257 e. The van der Waals surface area contributed by atoms with E-state index in [1.807, 2.05) is 62.4 Å². The van der Waals surface area contributed by atoms with Gasteiger partial charge in [0.2, 0.25) is 5.89 Å². The molecule has 6 heteroatoms. The number of rotatable bonds is 3. The van der Waals surface area contributed by atoms with Crippen LogP contribution in [0.15, 0.2) is 59.0 Å². The standard InChI is InChI=1S/C25H23N3O2S/c1-14-7-5-6-8-19(14)23(29)28-25(31)27-20-13-18(10-9-15(20)2)24-26-21-11-16(3)17(4)12-22(21)30-24/h5-13H,1-4H3,(H2,27,28,29,31). The number of thiocarbonyl (C=S) groups is 1. The Bertz CT molecular complexity index is 1280. The van der Waals surface area contributed by atoms with Gasteiger partial charge in [0, 0.05) is 16.8 Å². The summed E-state index contributed by atoms with van der Waals surface area (Å²) in [5, 5.41) is 6.10. The molecule has 5 nitrogen and oxygen atoms in total. The zero-order chi connectivity index (χ0) is 22.1. The topological polar surface area (TPSA) is 67.2 Å². The van der Waals surface area contributed by atoms with E-state index in [0.29, 0.717) is 11.5 Å². The summed E-state index contributed by atoms with van der Waals surface area (Å²) in [6, 6.07) is 17.3. The fourth-order valence-corrected chi connectivity index (χ4v) is 3.55. The van der Waals surface area contributed by atoms with Crippen molar-refractivity contribution in [3.05, 3.63) is 82.4 Å². The van der Waals surface area contributed by atoms with Gasteiger partial charge in [-0.3, -0.25) is 10.1 Å². The molecule has 2 N–H and O–H groups in total. The van der Waals surface area contributed by atoms with E-state index in [2.05, 4.69) is 29.5 Å². The lowest BCUT2D eigenvalue weighted by Crippen LogP contribution is -2.34. The fraction of sp³-hybridized carbons (Fsp3) is 0.160. The Morgan fingerprint density at radius 1 is 0.903 bits per heavy atom. The van der Waals surface area contributed by atoms with E-state index in [9.17, 15) is 4.79 Å². The van der Waals surface area contributed by atoms with Crippen LogP contribution in [0, 0.1) is 27.7 Å². The molecule has 0 aliphatic heterocycles. The molecule has 3 aromatic carbocycles. The largest absolute Gasteiger partial charge is 0.436 e. The lowest BCUT2D eigenvalue weighted by molar-refractivity contribution is 0.0977. The van der Waals surface area contributed by atoms with Crippen LogP contribution in [0.3, 0.4) is 0 Å². The van der Waals surface area contributed by atoms with E-state index in [-0.39, 0.29) is 11.0 Å². The van der Waals surface area contributed by atoms with Gasteiger partial charge in [-0.1, -0.05) is 24.3 Å². The number of benzene rings is 3. The number of anilines is 1. The van der Waals surface area contributed by atoms with Gasteiger partial charge in [0.15, 0.2) is 10.7 Å². The third-order valence-electron chi connectivity index (χ3n) is 5.35. The van der Waals surface area contributed by atoms with Crippen molar-refractivity contribution in [2.24, 2.45) is 0 Å². The minimum atomic E-state index is -0.242. The van der Waals surface area contributed by atoms with Crippen molar-refractivity contribution in [1.29, 1.82) is 0 Å². The van der Waals surface area contributed by atoms with Gasteiger partial charge in [-0.2, -0.15) is 0 Å². The first-order valence-corrected chi connectivity index (χ1v) is 10.4. The highest BCUT2D eigenvalue weighted by molar-refractivity contribution is 7.80. The van der Waals surface area contributed by atoms with Crippen LogP contribution in [0.1, 0.15) is 32.6 Å². The van der Waals surface area contributed by atoms with E-state index in [1.165, 1.54) is 5.56 Å². The van der Waals surface area contributed by atoms with E-state index >= 15 is 0 Å². The van der Waals surface area contributed by atoms with E-state index in [4.69, 9.17) is 16.6 Å². The Morgan fingerprint density at radius 3 is 2.42 bits per heavy atom. The van der Waals surface area contributed by atoms with Crippen LogP contribution in [0.2, 0.25) is 0 Å². The Balaban J connectivity index is 1.56. The van der Waals surface area contributed by atoms with Crippen LogP contribution in [0.4, 0.5) is 5.69 Å². The number of nitrogens with zero attached hydrogens (tertiary/aromatic N) is 1. The Morgan fingerprint density at radius 2 is 1.65 bits per heavy atom. The Labute approximate surface area is 186 Å². The number of aryl methyl sites for hydroxylation is 4. The van der Waals surface area contributed by atoms with Crippen LogP contribution in [-0.4, -0.2) is 16.0 Å². The van der Waals surface area contributed by atoms with Gasteiger partial charge in [-0.15, -0.1) is 0 Å². The van der Waals surface area contributed by atoms with Crippen LogP contribution in [0.5, 0.6) is 0 Å². The van der Waals surface area contributed by atoms with E-state index < -0.39 is 0 Å². The van der Waals surface area contributed by atoms with Crippen molar-refractivity contribution in [2.45, 2.75) is 27.7 Å². The van der Waals surface area contributed by atoms with E-state index in [0.717, 1.165) is 39.0 Å². The van der Waals surface area contributed by atoms with Crippen molar-refractivity contribution in [1.82, 2.24) is 10.3 Å². The number of hydrogen-bond donors (Lipinski definition) is 2. The third kappa shape index (κ3) is 4.34. The number of hydrogen-bond acceptors (Lipinski definition) is 4. The summed E-state index contributed by atoms with van der Waals surface area (Å²) in [5.41, 5.74) is 8.00. The zero-order valence-electron chi connectivity index (χ0n) is 17.9. The molecule has 1 heterocycles. The highest BCUT2D eigenvalue weighted by Crippen LogP contribution is 2.29. The quantitative estimate of drug-likeness (QED) is 0.400. The van der Waals surface area contributed by atoms with Crippen molar-refractivity contribution >= 4 is 40.0 Å². The summed E-state index contributed by atoms with van der Waals surface area (Å²) < 4.78 is 5.98. The molecule has 0 unspecified atom stereocenters. The van der Waals surface area contributed by atoms with Crippen LogP contribution in [0.25, 0.3) is 22.6 Å². The van der Waals surface area contributed by atoms with Crippen LogP contribution >= 0.6 is 12.2 Å². The average molecular weight is 430 g/mol. The molecule has 0 saturated carbocycles. The summed E-state index contributed by atoms with van der Waals surface area (Å²) in [4.78, 5) is 17.2. The molecule has 0 bridgehead atoms. The van der Waals surface area contributed by atoms with Gasteiger partial charge in [0.05, 0.1) is 0 Å². The maximum Gasteiger partial charge on any atom is 0.257 e. The van der Waals surface area contributed by atoms with Crippen molar-refractivity contribution < 1.29 is 9.21 Å². The maximum atomic E-state index is 12.5. The Hall–Kier alpha value is -3.51.